The molecule has 4 atom stereocenters. The first kappa shape index (κ1) is 12.0. The summed E-state index contributed by atoms with van der Waals surface area (Å²) < 4.78 is 5.23. The van der Waals surface area contributed by atoms with Gasteiger partial charge in [0.25, 0.3) is 5.91 Å². The summed E-state index contributed by atoms with van der Waals surface area (Å²) in [6.07, 6.45) is -3.35. The lowest BCUT2D eigenvalue weighted by Gasteiger charge is -2.30. The van der Waals surface area contributed by atoms with Crippen LogP contribution < -0.4 is 5.32 Å². The summed E-state index contributed by atoms with van der Waals surface area (Å²) in [5, 5.41) is 35.5. The van der Waals surface area contributed by atoms with Crippen LogP contribution >= 0.6 is 0 Å². The van der Waals surface area contributed by atoms with E-state index in [9.17, 15) is 15.0 Å². The van der Waals surface area contributed by atoms with Gasteiger partial charge in [-0.25, -0.2) is 5.01 Å². The van der Waals surface area contributed by atoms with E-state index in [2.05, 4.69) is 17.0 Å². The minimum absolute atomic E-state index is 0.132. The Morgan fingerprint density at radius 1 is 1.53 bits per heavy atom. The zero-order valence-corrected chi connectivity index (χ0v) is 8.85. The minimum Gasteiger partial charge on any atom is -0.394 e. The van der Waals surface area contributed by atoms with Crippen molar-refractivity contribution >= 4 is 12.1 Å². The molecule has 8 nitrogen and oxygen atoms in total. The fourth-order valence-corrected chi connectivity index (χ4v) is 1.72. The van der Waals surface area contributed by atoms with E-state index in [-0.39, 0.29) is 5.82 Å². The lowest BCUT2D eigenvalue weighted by molar-refractivity contribution is -0.118. The fourth-order valence-electron chi connectivity index (χ4n) is 1.72. The summed E-state index contributed by atoms with van der Waals surface area (Å²) in [6.45, 7) is 3.12. The van der Waals surface area contributed by atoms with Crippen LogP contribution in [0.4, 0.5) is 0 Å². The molecule has 1 unspecified atom stereocenters. The van der Waals surface area contributed by atoms with Crippen LogP contribution in [0, 0.1) is 0 Å². The number of rotatable bonds is 2. The van der Waals surface area contributed by atoms with Gasteiger partial charge in [-0.1, -0.05) is 6.58 Å². The third-order valence-electron chi connectivity index (χ3n) is 2.60. The number of hydrogen-bond acceptors (Lipinski definition) is 7. The molecule has 0 bridgehead atoms. The van der Waals surface area contributed by atoms with Crippen molar-refractivity contribution in [1.82, 2.24) is 10.3 Å². The molecule has 8 heteroatoms. The Balaban J connectivity index is 2.16. The smallest absolute Gasteiger partial charge is 0.269 e. The number of nitrogens with zero attached hydrogens (tertiary/aromatic N) is 2. The molecule has 94 valence electrons. The summed E-state index contributed by atoms with van der Waals surface area (Å²) in [6, 6.07) is 0. The van der Waals surface area contributed by atoms with E-state index in [0.717, 1.165) is 11.2 Å². The third kappa shape index (κ3) is 2.03. The van der Waals surface area contributed by atoms with E-state index in [1.54, 1.807) is 0 Å². The van der Waals surface area contributed by atoms with Crippen LogP contribution in [0.1, 0.15) is 0 Å². The van der Waals surface area contributed by atoms with Gasteiger partial charge in [0.2, 0.25) is 0 Å². The Morgan fingerprint density at radius 3 is 2.76 bits per heavy atom. The SMILES string of the molecule is C=C1NC(=O)C=NN1[C@@H]1O[C@H](CO)C(O)[C@@H]1O. The number of carbonyl (C=O) groups excluding carboxylic acids is 1. The van der Waals surface area contributed by atoms with Gasteiger partial charge < -0.3 is 25.4 Å². The number of hydrazone groups is 1. The van der Waals surface area contributed by atoms with Crippen molar-refractivity contribution in [3.05, 3.63) is 12.4 Å². The molecule has 1 amide bonds. The van der Waals surface area contributed by atoms with E-state index >= 15 is 0 Å². The van der Waals surface area contributed by atoms with E-state index in [0.29, 0.717) is 0 Å². The lowest BCUT2D eigenvalue weighted by Crippen LogP contribution is -2.47. The molecule has 0 saturated carbocycles. The van der Waals surface area contributed by atoms with Gasteiger partial charge in [-0.2, -0.15) is 5.10 Å². The van der Waals surface area contributed by atoms with Crippen LogP contribution in [0.5, 0.6) is 0 Å². The van der Waals surface area contributed by atoms with Gasteiger partial charge >= 0.3 is 0 Å². The second-order valence-electron chi connectivity index (χ2n) is 3.75. The molecule has 2 aliphatic rings. The van der Waals surface area contributed by atoms with Gasteiger partial charge in [0.1, 0.15) is 30.3 Å². The van der Waals surface area contributed by atoms with Crippen LogP contribution in [-0.4, -0.2) is 63.6 Å². The van der Waals surface area contributed by atoms with Crippen LogP contribution in [0.3, 0.4) is 0 Å². The van der Waals surface area contributed by atoms with Gasteiger partial charge in [-0.05, 0) is 0 Å². The zero-order valence-electron chi connectivity index (χ0n) is 8.85. The standard InChI is InChI=1S/C9H13N3O5/c1-4-11-6(14)2-10-12(4)9-8(16)7(15)5(3-13)17-9/h2,5,7-9,13,15-16H,1,3H2,(H,11,14)/t5-,7?,8+,9-/m1/s1. The molecular formula is C9H13N3O5. The highest BCUT2D eigenvalue weighted by atomic mass is 16.6. The topological polar surface area (TPSA) is 115 Å². The number of nitrogens with one attached hydrogen (secondary N) is 1. The molecular weight excluding hydrogens is 230 g/mol. The highest BCUT2D eigenvalue weighted by Gasteiger charge is 2.46. The molecule has 0 aromatic heterocycles. The lowest BCUT2D eigenvalue weighted by atomic mass is 10.1. The summed E-state index contributed by atoms with van der Waals surface area (Å²) in [5.74, 6) is -0.301. The molecule has 4 N–H and O–H groups in total. The summed E-state index contributed by atoms with van der Waals surface area (Å²) in [4.78, 5) is 11.0. The molecule has 0 aromatic carbocycles. The Kier molecular flexibility index (Phi) is 3.11. The molecule has 1 saturated heterocycles. The molecule has 2 aliphatic heterocycles. The van der Waals surface area contributed by atoms with Crippen molar-refractivity contribution in [1.29, 1.82) is 0 Å². The number of aliphatic hydroxyl groups is 3. The van der Waals surface area contributed by atoms with Crippen molar-refractivity contribution < 1.29 is 24.9 Å². The van der Waals surface area contributed by atoms with Crippen LogP contribution in [0.2, 0.25) is 0 Å². The number of ether oxygens (including phenoxy) is 1. The maximum Gasteiger partial charge on any atom is 0.269 e. The van der Waals surface area contributed by atoms with Gasteiger partial charge in [0, 0.05) is 0 Å². The van der Waals surface area contributed by atoms with Crippen molar-refractivity contribution in [2.24, 2.45) is 5.10 Å². The Hall–Kier alpha value is -1.48. The molecule has 1 fully saturated rings. The maximum absolute atomic E-state index is 11.0. The third-order valence-corrected chi connectivity index (χ3v) is 2.60. The monoisotopic (exact) mass is 243 g/mol. The van der Waals surface area contributed by atoms with Crippen molar-refractivity contribution in [2.45, 2.75) is 24.5 Å². The van der Waals surface area contributed by atoms with Gasteiger partial charge in [-0.15, -0.1) is 0 Å². The highest BCUT2D eigenvalue weighted by Crippen LogP contribution is 2.26. The van der Waals surface area contributed by atoms with Crippen LogP contribution in [-0.2, 0) is 9.53 Å². The first-order valence-electron chi connectivity index (χ1n) is 5.00. The van der Waals surface area contributed by atoms with Crippen molar-refractivity contribution in [3.63, 3.8) is 0 Å². The van der Waals surface area contributed by atoms with Crippen LogP contribution in [0.25, 0.3) is 0 Å². The van der Waals surface area contributed by atoms with Crippen LogP contribution in [0.15, 0.2) is 17.5 Å². The normalized spacial score (nSPS) is 37.5. The molecule has 0 spiro atoms. The molecule has 2 rings (SSSR count). The Bertz CT molecular complexity index is 372. The van der Waals surface area contributed by atoms with Crippen molar-refractivity contribution in [3.8, 4) is 0 Å². The second-order valence-corrected chi connectivity index (χ2v) is 3.75. The molecule has 0 aromatic rings. The minimum atomic E-state index is -1.25. The Labute approximate surface area is 96.8 Å². The van der Waals surface area contributed by atoms with E-state index in [1.807, 2.05) is 0 Å². The largest absolute Gasteiger partial charge is 0.394 e. The van der Waals surface area contributed by atoms with Gasteiger partial charge in [0.15, 0.2) is 6.23 Å². The summed E-state index contributed by atoms with van der Waals surface area (Å²) in [7, 11) is 0. The highest BCUT2D eigenvalue weighted by molar-refractivity contribution is 6.27. The maximum atomic E-state index is 11.0. The number of aliphatic hydroxyl groups excluding tert-OH is 3. The first-order valence-corrected chi connectivity index (χ1v) is 5.00. The van der Waals surface area contributed by atoms with E-state index in [4.69, 9.17) is 9.84 Å². The predicted molar refractivity (Wildman–Crippen MR) is 55.4 cm³/mol. The average Bonchev–Trinajstić information content (AvgIpc) is 2.57. The molecule has 2 heterocycles. The van der Waals surface area contributed by atoms with Gasteiger partial charge in [-0.3, -0.25) is 4.79 Å². The summed E-state index contributed by atoms with van der Waals surface area (Å²) >= 11 is 0. The van der Waals surface area contributed by atoms with Gasteiger partial charge in [0.05, 0.1) is 6.61 Å². The summed E-state index contributed by atoms with van der Waals surface area (Å²) in [5.41, 5.74) is 0. The molecule has 0 radical (unpaired) electrons. The van der Waals surface area contributed by atoms with Crippen molar-refractivity contribution in [2.75, 3.05) is 6.61 Å². The first-order chi connectivity index (χ1) is 8.04. The number of hydrogen-bond donors (Lipinski definition) is 4. The predicted octanol–water partition coefficient (Wildman–Crippen LogP) is -2.69. The fraction of sp³-hybridized carbons (Fsp3) is 0.556. The van der Waals surface area contributed by atoms with E-state index < -0.39 is 37.1 Å². The number of amides is 1. The number of carbonyl (C=O) groups is 1. The molecule has 0 aliphatic carbocycles. The molecule has 17 heavy (non-hydrogen) atoms. The average molecular weight is 243 g/mol. The van der Waals surface area contributed by atoms with E-state index in [1.165, 1.54) is 0 Å². The second kappa shape index (κ2) is 4.41. The zero-order chi connectivity index (χ0) is 12.6. The Morgan fingerprint density at radius 2 is 2.24 bits per heavy atom. The quantitative estimate of drug-likeness (QED) is 0.420.